The number of nitrogens with zero attached hydrogens (tertiary/aromatic N) is 2. The highest BCUT2D eigenvalue weighted by molar-refractivity contribution is 5.75. The molecule has 0 fully saturated rings. The second-order valence-corrected chi connectivity index (χ2v) is 6.38. The number of aromatic nitrogens is 1. The number of pyridine rings is 1. The fraction of sp³-hybridized carbons (Fsp3) is 0.400. The van der Waals surface area contributed by atoms with Crippen molar-refractivity contribution < 1.29 is 9.53 Å². The smallest absolute Gasteiger partial charge is 0.223 e. The maximum absolute atomic E-state index is 11.6. The van der Waals surface area contributed by atoms with E-state index in [9.17, 15) is 4.79 Å². The summed E-state index contributed by atoms with van der Waals surface area (Å²) in [4.78, 5) is 17.5. The number of benzene rings is 1. The molecule has 1 N–H and O–H groups in total. The van der Waals surface area contributed by atoms with Gasteiger partial charge in [0.15, 0.2) is 0 Å². The molecule has 1 heterocycles. The minimum absolute atomic E-state index is 0.137. The highest BCUT2D eigenvalue weighted by Crippen LogP contribution is 2.25. The van der Waals surface area contributed by atoms with Crippen LogP contribution in [0.3, 0.4) is 0 Å². The van der Waals surface area contributed by atoms with Crippen LogP contribution < -0.4 is 10.1 Å². The zero-order chi connectivity index (χ0) is 18.2. The monoisotopic (exact) mass is 341 g/mol. The van der Waals surface area contributed by atoms with Crippen molar-refractivity contribution in [2.45, 2.75) is 33.4 Å². The van der Waals surface area contributed by atoms with Crippen molar-refractivity contribution in [1.82, 2.24) is 15.2 Å². The van der Waals surface area contributed by atoms with E-state index in [-0.39, 0.29) is 5.91 Å². The largest absolute Gasteiger partial charge is 0.487 e. The van der Waals surface area contributed by atoms with Crippen molar-refractivity contribution >= 4 is 5.91 Å². The molecule has 0 saturated carbocycles. The molecule has 0 unspecified atom stereocenters. The summed E-state index contributed by atoms with van der Waals surface area (Å²) in [5.41, 5.74) is 4.32. The number of ether oxygens (including phenoxy) is 1. The van der Waals surface area contributed by atoms with Crippen LogP contribution in [0, 0.1) is 13.8 Å². The van der Waals surface area contributed by atoms with Gasteiger partial charge in [0.25, 0.3) is 0 Å². The van der Waals surface area contributed by atoms with Crippen molar-refractivity contribution in [3.8, 4) is 5.75 Å². The van der Waals surface area contributed by atoms with Gasteiger partial charge < -0.3 is 15.0 Å². The van der Waals surface area contributed by atoms with Gasteiger partial charge in [0, 0.05) is 39.8 Å². The Hall–Kier alpha value is -2.40. The van der Waals surface area contributed by atoms with Crippen molar-refractivity contribution in [3.63, 3.8) is 0 Å². The fourth-order valence-corrected chi connectivity index (χ4v) is 2.65. The zero-order valence-corrected chi connectivity index (χ0v) is 15.5. The SMILES string of the molecule is Cc1cc(CNCCC(=O)N(C)C)cc(C)c1OCc1ccccn1. The van der Waals surface area contributed by atoms with Gasteiger partial charge >= 0.3 is 0 Å². The van der Waals surface area contributed by atoms with E-state index >= 15 is 0 Å². The second kappa shape index (κ2) is 9.18. The minimum atomic E-state index is 0.137. The summed E-state index contributed by atoms with van der Waals surface area (Å²) in [6.45, 7) is 5.99. The Morgan fingerprint density at radius 2 is 1.92 bits per heavy atom. The van der Waals surface area contributed by atoms with E-state index in [1.165, 1.54) is 5.56 Å². The zero-order valence-electron chi connectivity index (χ0n) is 15.5. The Morgan fingerprint density at radius 1 is 1.20 bits per heavy atom. The number of rotatable bonds is 8. The van der Waals surface area contributed by atoms with E-state index in [1.807, 2.05) is 18.2 Å². The maximum atomic E-state index is 11.6. The van der Waals surface area contributed by atoms with Crippen molar-refractivity contribution in [2.75, 3.05) is 20.6 Å². The van der Waals surface area contributed by atoms with E-state index in [2.05, 4.69) is 36.3 Å². The van der Waals surface area contributed by atoms with Gasteiger partial charge in [-0.2, -0.15) is 0 Å². The van der Waals surface area contributed by atoms with Gasteiger partial charge in [-0.25, -0.2) is 0 Å². The predicted molar refractivity (Wildman–Crippen MR) is 99.5 cm³/mol. The van der Waals surface area contributed by atoms with E-state index in [1.54, 1.807) is 25.2 Å². The highest BCUT2D eigenvalue weighted by Gasteiger charge is 2.08. The van der Waals surface area contributed by atoms with Crippen LogP contribution in [-0.4, -0.2) is 36.4 Å². The van der Waals surface area contributed by atoms with Crippen molar-refractivity contribution in [2.24, 2.45) is 0 Å². The van der Waals surface area contributed by atoms with E-state index in [4.69, 9.17) is 4.74 Å². The first kappa shape index (κ1) is 18.9. The van der Waals surface area contributed by atoms with Crippen LogP contribution in [0.25, 0.3) is 0 Å². The Kier molecular flexibility index (Phi) is 6.95. The lowest BCUT2D eigenvalue weighted by atomic mass is 10.1. The summed E-state index contributed by atoms with van der Waals surface area (Å²) in [5, 5.41) is 3.32. The molecule has 25 heavy (non-hydrogen) atoms. The minimum Gasteiger partial charge on any atom is -0.487 e. The first-order valence-corrected chi connectivity index (χ1v) is 8.51. The molecule has 1 amide bonds. The van der Waals surface area contributed by atoms with Crippen molar-refractivity contribution in [3.05, 3.63) is 58.9 Å². The average molecular weight is 341 g/mol. The highest BCUT2D eigenvalue weighted by atomic mass is 16.5. The number of carbonyl (C=O) groups is 1. The summed E-state index contributed by atoms with van der Waals surface area (Å²) in [6.07, 6.45) is 2.28. The summed E-state index contributed by atoms with van der Waals surface area (Å²) >= 11 is 0. The molecule has 5 heteroatoms. The number of nitrogens with one attached hydrogen (secondary N) is 1. The van der Waals surface area contributed by atoms with Crippen LogP contribution in [0.5, 0.6) is 5.75 Å². The van der Waals surface area contributed by atoms with Crippen LogP contribution in [0.4, 0.5) is 0 Å². The Balaban J connectivity index is 1.89. The van der Waals surface area contributed by atoms with Gasteiger partial charge in [0.1, 0.15) is 12.4 Å². The quantitative estimate of drug-likeness (QED) is 0.750. The van der Waals surface area contributed by atoms with Gasteiger partial charge in [-0.15, -0.1) is 0 Å². The fourth-order valence-electron chi connectivity index (χ4n) is 2.65. The Morgan fingerprint density at radius 3 is 2.52 bits per heavy atom. The molecule has 5 nitrogen and oxygen atoms in total. The van der Waals surface area contributed by atoms with Crippen molar-refractivity contribution in [1.29, 1.82) is 0 Å². The molecule has 2 rings (SSSR count). The topological polar surface area (TPSA) is 54.5 Å². The molecule has 0 aliphatic rings. The molecule has 0 radical (unpaired) electrons. The first-order valence-electron chi connectivity index (χ1n) is 8.51. The van der Waals surface area contributed by atoms with Gasteiger partial charge in [-0.05, 0) is 42.7 Å². The standard InChI is InChI=1S/C20H27N3O2/c1-15-11-17(13-21-10-8-19(24)23(3)4)12-16(2)20(15)25-14-18-7-5-6-9-22-18/h5-7,9,11-12,21H,8,10,13-14H2,1-4H3. The third kappa shape index (κ3) is 5.87. The van der Waals surface area contributed by atoms with Gasteiger partial charge in [0.2, 0.25) is 5.91 Å². The molecule has 134 valence electrons. The number of amides is 1. The molecule has 0 spiro atoms. The van der Waals surface area contributed by atoms with Crippen LogP contribution in [-0.2, 0) is 17.9 Å². The maximum Gasteiger partial charge on any atom is 0.223 e. The van der Waals surface area contributed by atoms with Crippen LogP contribution in [0.15, 0.2) is 36.5 Å². The van der Waals surface area contributed by atoms with Gasteiger partial charge in [-0.1, -0.05) is 18.2 Å². The molecule has 1 aromatic heterocycles. The predicted octanol–water partition coefficient (Wildman–Crippen LogP) is 2.85. The molecule has 2 aromatic rings. The van der Waals surface area contributed by atoms with Gasteiger partial charge in [0.05, 0.1) is 5.69 Å². The number of hydrogen-bond donors (Lipinski definition) is 1. The molecular weight excluding hydrogens is 314 g/mol. The molecular formula is C20H27N3O2. The third-order valence-electron chi connectivity index (χ3n) is 3.95. The van der Waals surface area contributed by atoms with Crippen LogP contribution >= 0.6 is 0 Å². The summed E-state index contributed by atoms with van der Waals surface area (Å²) in [7, 11) is 3.55. The van der Waals surface area contributed by atoms with E-state index in [0.29, 0.717) is 19.6 Å². The van der Waals surface area contributed by atoms with Crippen LogP contribution in [0.2, 0.25) is 0 Å². The average Bonchev–Trinajstić information content (AvgIpc) is 2.58. The first-order chi connectivity index (χ1) is 12.0. The summed E-state index contributed by atoms with van der Waals surface area (Å²) < 4.78 is 5.96. The summed E-state index contributed by atoms with van der Waals surface area (Å²) in [6, 6.07) is 10.1. The lowest BCUT2D eigenvalue weighted by Crippen LogP contribution is -2.26. The molecule has 1 aromatic carbocycles. The number of hydrogen-bond acceptors (Lipinski definition) is 4. The molecule has 0 bridgehead atoms. The van der Waals surface area contributed by atoms with Crippen LogP contribution in [0.1, 0.15) is 28.8 Å². The Labute approximate surface area is 150 Å². The molecule has 0 aliphatic carbocycles. The van der Waals surface area contributed by atoms with Gasteiger partial charge in [-0.3, -0.25) is 9.78 Å². The third-order valence-corrected chi connectivity index (χ3v) is 3.95. The number of carbonyl (C=O) groups excluding carboxylic acids is 1. The number of aryl methyl sites for hydroxylation is 2. The lowest BCUT2D eigenvalue weighted by Gasteiger charge is -2.15. The Bertz CT molecular complexity index is 676. The van der Waals surface area contributed by atoms with E-state index in [0.717, 1.165) is 29.1 Å². The summed E-state index contributed by atoms with van der Waals surface area (Å²) in [5.74, 6) is 1.05. The molecule has 0 saturated heterocycles. The molecule has 0 aliphatic heterocycles. The lowest BCUT2D eigenvalue weighted by molar-refractivity contribution is -0.128. The molecule has 0 atom stereocenters. The van der Waals surface area contributed by atoms with E-state index < -0.39 is 0 Å². The second-order valence-electron chi connectivity index (χ2n) is 6.38. The normalized spacial score (nSPS) is 10.6.